The lowest BCUT2D eigenvalue weighted by molar-refractivity contribution is -0.387. The van der Waals surface area contributed by atoms with E-state index in [2.05, 4.69) is 0 Å². The molecule has 0 saturated heterocycles. The Labute approximate surface area is 143 Å². The fourth-order valence-corrected chi connectivity index (χ4v) is 3.03. The van der Waals surface area contributed by atoms with Gasteiger partial charge in [0.15, 0.2) is 0 Å². The number of nitro groups is 1. The van der Waals surface area contributed by atoms with Gasteiger partial charge in [-0.15, -0.1) is 0 Å². The topological polar surface area (TPSA) is 43.1 Å². The first-order valence-corrected chi connectivity index (χ1v) is 7.10. The Morgan fingerprint density at radius 2 is 1.38 bits per heavy atom. The maximum atomic E-state index is 13.7. The van der Waals surface area contributed by atoms with Gasteiger partial charge in [-0.25, -0.2) is 0 Å². The van der Waals surface area contributed by atoms with Gasteiger partial charge in [-0.05, 0) is 17.7 Å². The number of nitro benzene ring substituents is 1. The average molecular weight is 389 g/mol. The van der Waals surface area contributed by atoms with E-state index in [9.17, 15) is 14.5 Å². The van der Waals surface area contributed by atoms with E-state index in [1.54, 1.807) is 0 Å². The molecule has 0 fully saturated rings. The van der Waals surface area contributed by atoms with Gasteiger partial charge in [-0.2, -0.15) is 4.39 Å². The van der Waals surface area contributed by atoms with Gasteiger partial charge in [0.25, 0.3) is 0 Å². The van der Waals surface area contributed by atoms with Crippen molar-refractivity contribution in [3.8, 4) is 11.1 Å². The van der Waals surface area contributed by atoms with Crippen LogP contribution >= 0.6 is 58.0 Å². The highest BCUT2D eigenvalue weighted by Crippen LogP contribution is 2.48. The zero-order chi connectivity index (χ0) is 15.9. The first-order valence-electron chi connectivity index (χ1n) is 5.21. The van der Waals surface area contributed by atoms with E-state index >= 15 is 0 Å². The lowest BCUT2D eigenvalue weighted by atomic mass is 10.0. The van der Waals surface area contributed by atoms with Gasteiger partial charge >= 0.3 is 5.69 Å². The first-order chi connectivity index (χ1) is 9.75. The molecule has 2 rings (SSSR count). The van der Waals surface area contributed by atoms with Gasteiger partial charge in [0.05, 0.1) is 30.0 Å². The van der Waals surface area contributed by atoms with Gasteiger partial charge in [0.2, 0.25) is 5.82 Å². The Kier molecular flexibility index (Phi) is 4.85. The highest BCUT2D eigenvalue weighted by Gasteiger charge is 2.22. The highest BCUT2D eigenvalue weighted by molar-refractivity contribution is 6.56. The second-order valence-electron chi connectivity index (χ2n) is 3.87. The van der Waals surface area contributed by atoms with Crippen LogP contribution < -0.4 is 0 Å². The van der Waals surface area contributed by atoms with Crippen LogP contribution in [-0.4, -0.2) is 4.92 Å². The standard InChI is InChI=1S/C12H3Cl5FNO2/c13-8-7(9(14)11(16)12(17)10(8)15)4-1-2-6(19(20)21)5(18)3-4/h1-3H. The molecule has 0 heterocycles. The predicted molar refractivity (Wildman–Crippen MR) is 83.5 cm³/mol. The molecular weight excluding hydrogens is 386 g/mol. The van der Waals surface area contributed by atoms with E-state index < -0.39 is 16.4 Å². The van der Waals surface area contributed by atoms with Crippen LogP contribution in [-0.2, 0) is 0 Å². The zero-order valence-corrected chi connectivity index (χ0v) is 13.5. The summed E-state index contributed by atoms with van der Waals surface area (Å²) in [4.78, 5) is 9.77. The van der Waals surface area contributed by atoms with Crippen molar-refractivity contribution in [3.63, 3.8) is 0 Å². The molecule has 0 saturated carbocycles. The Morgan fingerprint density at radius 1 is 0.905 bits per heavy atom. The molecule has 0 N–H and O–H groups in total. The number of rotatable bonds is 2. The van der Waals surface area contributed by atoms with Crippen molar-refractivity contribution in [1.82, 2.24) is 0 Å². The molecule has 0 aromatic heterocycles. The number of hydrogen-bond acceptors (Lipinski definition) is 2. The summed E-state index contributed by atoms with van der Waals surface area (Å²) in [7, 11) is 0. The summed E-state index contributed by atoms with van der Waals surface area (Å²) in [5.74, 6) is -1.04. The number of hydrogen-bond donors (Lipinski definition) is 0. The minimum absolute atomic E-state index is 0.0238. The van der Waals surface area contributed by atoms with Crippen LogP contribution in [0.1, 0.15) is 0 Å². The second kappa shape index (κ2) is 6.15. The Bertz CT molecular complexity index is 737. The van der Waals surface area contributed by atoms with E-state index in [4.69, 9.17) is 58.0 Å². The van der Waals surface area contributed by atoms with Crippen molar-refractivity contribution < 1.29 is 9.31 Å². The summed E-state index contributed by atoms with van der Waals surface area (Å²) in [6, 6.07) is 3.20. The molecular formula is C12H3Cl5FNO2. The summed E-state index contributed by atoms with van der Waals surface area (Å²) >= 11 is 29.8. The van der Waals surface area contributed by atoms with Crippen LogP contribution in [0.2, 0.25) is 25.1 Å². The number of benzene rings is 2. The van der Waals surface area contributed by atoms with Gasteiger partial charge in [-0.3, -0.25) is 10.1 Å². The minimum atomic E-state index is -1.04. The van der Waals surface area contributed by atoms with Crippen molar-refractivity contribution in [2.24, 2.45) is 0 Å². The van der Waals surface area contributed by atoms with Gasteiger partial charge < -0.3 is 0 Å². The fraction of sp³-hybridized carbons (Fsp3) is 0. The lowest BCUT2D eigenvalue weighted by Gasteiger charge is -2.12. The smallest absolute Gasteiger partial charge is 0.258 e. The second-order valence-corrected chi connectivity index (χ2v) is 5.76. The summed E-state index contributed by atoms with van der Waals surface area (Å²) in [6.07, 6.45) is 0. The molecule has 0 unspecified atom stereocenters. The molecule has 9 heteroatoms. The van der Waals surface area contributed by atoms with E-state index in [1.165, 1.54) is 6.07 Å². The van der Waals surface area contributed by atoms with Crippen molar-refractivity contribution in [1.29, 1.82) is 0 Å². The molecule has 21 heavy (non-hydrogen) atoms. The summed E-state index contributed by atoms with van der Waals surface area (Å²) in [5, 5.41) is 10.5. The van der Waals surface area contributed by atoms with Crippen LogP contribution in [0.5, 0.6) is 0 Å². The third kappa shape index (κ3) is 2.91. The predicted octanol–water partition coefficient (Wildman–Crippen LogP) is 6.67. The van der Waals surface area contributed by atoms with E-state index in [0.29, 0.717) is 0 Å². The lowest BCUT2D eigenvalue weighted by Crippen LogP contribution is -1.94. The molecule has 3 nitrogen and oxygen atoms in total. The highest BCUT2D eigenvalue weighted by atomic mass is 35.5. The Hall–Kier alpha value is -0.780. The molecule has 0 bridgehead atoms. The maximum absolute atomic E-state index is 13.7. The molecule has 2 aromatic carbocycles. The van der Waals surface area contributed by atoms with E-state index in [0.717, 1.165) is 12.1 Å². The van der Waals surface area contributed by atoms with Crippen LogP contribution in [0.3, 0.4) is 0 Å². The van der Waals surface area contributed by atoms with Crippen LogP contribution in [0.4, 0.5) is 10.1 Å². The molecule has 0 spiro atoms. The Morgan fingerprint density at radius 3 is 1.81 bits per heavy atom. The summed E-state index contributed by atoms with van der Waals surface area (Å²) in [5.41, 5.74) is -0.336. The van der Waals surface area contributed by atoms with Crippen LogP contribution in [0, 0.1) is 15.9 Å². The molecule has 2 aromatic rings. The molecule has 0 radical (unpaired) electrons. The van der Waals surface area contributed by atoms with Crippen molar-refractivity contribution >= 4 is 63.7 Å². The molecule has 0 aliphatic heterocycles. The van der Waals surface area contributed by atoms with E-state index in [1.807, 2.05) is 0 Å². The zero-order valence-electron chi connectivity index (χ0n) is 9.76. The van der Waals surface area contributed by atoms with Crippen LogP contribution in [0.15, 0.2) is 18.2 Å². The van der Waals surface area contributed by atoms with Gasteiger partial charge in [-0.1, -0.05) is 58.0 Å². The molecule has 110 valence electrons. The van der Waals surface area contributed by atoms with Crippen LogP contribution in [0.25, 0.3) is 11.1 Å². The monoisotopic (exact) mass is 387 g/mol. The summed E-state index contributed by atoms with van der Waals surface area (Å²) in [6.45, 7) is 0. The Balaban J connectivity index is 2.74. The fourth-order valence-electron chi connectivity index (χ4n) is 1.67. The maximum Gasteiger partial charge on any atom is 0.304 e. The largest absolute Gasteiger partial charge is 0.304 e. The average Bonchev–Trinajstić information content (AvgIpc) is 2.43. The number of halogens is 6. The van der Waals surface area contributed by atoms with Crippen molar-refractivity contribution in [3.05, 3.63) is 59.2 Å². The third-order valence-electron chi connectivity index (χ3n) is 2.64. The van der Waals surface area contributed by atoms with Gasteiger partial charge in [0, 0.05) is 11.6 Å². The SMILES string of the molecule is O=[N+]([O-])c1ccc(-c2c(Cl)c(Cl)c(Cl)c(Cl)c2Cl)cc1F. The van der Waals surface area contributed by atoms with Crippen molar-refractivity contribution in [2.75, 3.05) is 0 Å². The summed E-state index contributed by atoms with van der Waals surface area (Å²) < 4.78 is 13.7. The minimum Gasteiger partial charge on any atom is -0.258 e. The molecule has 0 aliphatic rings. The number of nitrogens with zero attached hydrogens (tertiary/aromatic N) is 1. The third-order valence-corrected chi connectivity index (χ3v) is 4.92. The quantitative estimate of drug-likeness (QED) is 0.249. The first kappa shape index (κ1) is 16.6. The van der Waals surface area contributed by atoms with Crippen molar-refractivity contribution in [2.45, 2.75) is 0 Å². The van der Waals surface area contributed by atoms with Gasteiger partial charge in [0.1, 0.15) is 0 Å². The molecule has 0 amide bonds. The molecule has 0 aliphatic carbocycles. The molecule has 0 atom stereocenters. The normalized spacial score (nSPS) is 10.8. The van der Waals surface area contributed by atoms with E-state index in [-0.39, 0.29) is 36.2 Å².